The van der Waals surface area contributed by atoms with Gasteiger partial charge in [-0.15, -0.1) is 0 Å². The smallest absolute Gasteiger partial charge is 0.306 e. The molecule has 0 aromatic heterocycles. The number of unbranched alkanes of at least 4 members (excludes halogenated alkanes) is 35. The van der Waals surface area contributed by atoms with Gasteiger partial charge in [0.1, 0.15) is 13.2 Å². The number of rotatable bonds is 48. The van der Waals surface area contributed by atoms with Gasteiger partial charge in [-0.3, -0.25) is 14.4 Å². The van der Waals surface area contributed by atoms with E-state index in [1.807, 2.05) is 0 Å². The molecule has 0 aliphatic carbocycles. The average molecular weight is 835 g/mol. The molecule has 0 fully saturated rings. The first-order chi connectivity index (χ1) is 28.9. The second kappa shape index (κ2) is 47.5. The van der Waals surface area contributed by atoms with Gasteiger partial charge in [0.25, 0.3) is 0 Å². The molecular formula is C53H102O6. The summed E-state index contributed by atoms with van der Waals surface area (Å²) in [5, 5.41) is 0. The molecule has 6 nitrogen and oxygen atoms in total. The van der Waals surface area contributed by atoms with Gasteiger partial charge in [-0.2, -0.15) is 0 Å². The summed E-state index contributed by atoms with van der Waals surface area (Å²) in [6.07, 6.45) is 49.6. The lowest BCUT2D eigenvalue weighted by molar-refractivity contribution is -0.167. The van der Waals surface area contributed by atoms with Crippen LogP contribution in [0.2, 0.25) is 0 Å². The van der Waals surface area contributed by atoms with E-state index in [0.29, 0.717) is 19.3 Å². The molecule has 0 N–H and O–H groups in total. The van der Waals surface area contributed by atoms with E-state index >= 15 is 0 Å². The van der Waals surface area contributed by atoms with Gasteiger partial charge in [-0.05, 0) is 25.2 Å². The fourth-order valence-electron chi connectivity index (χ4n) is 8.04. The van der Waals surface area contributed by atoms with Crippen LogP contribution in [-0.2, 0) is 28.6 Å². The van der Waals surface area contributed by atoms with Crippen molar-refractivity contribution in [2.75, 3.05) is 13.2 Å². The van der Waals surface area contributed by atoms with Crippen LogP contribution in [0.3, 0.4) is 0 Å². The van der Waals surface area contributed by atoms with E-state index in [4.69, 9.17) is 14.2 Å². The first-order valence-corrected chi connectivity index (χ1v) is 26.4. The average Bonchev–Trinajstić information content (AvgIpc) is 3.22. The summed E-state index contributed by atoms with van der Waals surface area (Å²) in [5.74, 6) is -0.0898. The van der Waals surface area contributed by atoms with Gasteiger partial charge in [0.05, 0.1) is 0 Å². The Bertz CT molecular complexity index is 887. The van der Waals surface area contributed by atoms with Gasteiger partial charge in [0.2, 0.25) is 0 Å². The molecule has 0 saturated heterocycles. The van der Waals surface area contributed by atoms with Crippen molar-refractivity contribution >= 4 is 17.9 Å². The first-order valence-electron chi connectivity index (χ1n) is 26.4. The highest BCUT2D eigenvalue weighted by Crippen LogP contribution is 2.17. The normalized spacial score (nSPS) is 11.9. The topological polar surface area (TPSA) is 78.9 Å². The zero-order valence-corrected chi connectivity index (χ0v) is 40.2. The zero-order valence-electron chi connectivity index (χ0n) is 40.2. The molecule has 0 radical (unpaired) electrons. The van der Waals surface area contributed by atoms with Crippen molar-refractivity contribution in [3.05, 3.63) is 0 Å². The van der Waals surface area contributed by atoms with Crippen LogP contribution in [0.4, 0.5) is 0 Å². The number of hydrogen-bond donors (Lipinski definition) is 0. The zero-order chi connectivity index (χ0) is 43.1. The lowest BCUT2D eigenvalue weighted by atomic mass is 10.0. The SMILES string of the molecule is CCCCCCCCCCCCCCCCCCCC(=O)OC[C@H](COC(=O)CCCCCCCCCCCCCCCCC)OC(=O)CCCCCCCCC(C)C. The Hall–Kier alpha value is -1.59. The highest BCUT2D eigenvalue weighted by molar-refractivity contribution is 5.71. The maximum Gasteiger partial charge on any atom is 0.306 e. The fourth-order valence-corrected chi connectivity index (χ4v) is 8.04. The summed E-state index contributed by atoms with van der Waals surface area (Å²) in [7, 11) is 0. The molecule has 0 aromatic rings. The Morgan fingerprint density at radius 1 is 0.322 bits per heavy atom. The van der Waals surface area contributed by atoms with Crippen LogP contribution in [0, 0.1) is 5.92 Å². The quantitative estimate of drug-likeness (QED) is 0.0345. The molecule has 0 amide bonds. The fraction of sp³-hybridized carbons (Fsp3) is 0.943. The summed E-state index contributed by atoms with van der Waals surface area (Å²) in [6, 6.07) is 0. The lowest BCUT2D eigenvalue weighted by Gasteiger charge is -2.18. The molecular weight excluding hydrogens is 733 g/mol. The largest absolute Gasteiger partial charge is 0.462 e. The number of ether oxygens (including phenoxy) is 3. The van der Waals surface area contributed by atoms with Crippen LogP contribution >= 0.6 is 0 Å². The number of esters is 3. The van der Waals surface area contributed by atoms with E-state index in [-0.39, 0.29) is 31.1 Å². The van der Waals surface area contributed by atoms with E-state index < -0.39 is 6.10 Å². The second-order valence-electron chi connectivity index (χ2n) is 18.6. The van der Waals surface area contributed by atoms with Gasteiger partial charge < -0.3 is 14.2 Å². The van der Waals surface area contributed by atoms with Crippen molar-refractivity contribution in [2.45, 2.75) is 303 Å². The molecule has 0 aliphatic heterocycles. The standard InChI is InChI=1S/C53H102O6/c1-5-7-9-11-13-15-17-19-21-22-24-26-28-30-32-37-41-45-52(55)58-48-50(59-53(56)46-42-38-34-33-35-39-43-49(3)4)47-57-51(54)44-40-36-31-29-27-25-23-20-18-16-14-12-10-8-6-2/h49-50H,5-48H2,1-4H3/t50-/m0/s1. The molecule has 350 valence electrons. The van der Waals surface area contributed by atoms with Gasteiger partial charge in [0, 0.05) is 19.3 Å². The Kier molecular flexibility index (Phi) is 46.2. The van der Waals surface area contributed by atoms with Crippen molar-refractivity contribution in [3.63, 3.8) is 0 Å². The van der Waals surface area contributed by atoms with Crippen molar-refractivity contribution in [1.29, 1.82) is 0 Å². The third-order valence-corrected chi connectivity index (χ3v) is 12.0. The Morgan fingerprint density at radius 3 is 0.831 bits per heavy atom. The molecule has 0 unspecified atom stereocenters. The summed E-state index contributed by atoms with van der Waals surface area (Å²) >= 11 is 0. The van der Waals surface area contributed by atoms with Crippen LogP contribution in [0.15, 0.2) is 0 Å². The van der Waals surface area contributed by atoms with Crippen molar-refractivity contribution in [3.8, 4) is 0 Å². The maximum atomic E-state index is 12.7. The predicted octanol–water partition coefficient (Wildman–Crippen LogP) is 17.1. The molecule has 0 rings (SSSR count). The minimum absolute atomic E-state index is 0.0639. The highest BCUT2D eigenvalue weighted by atomic mass is 16.6. The van der Waals surface area contributed by atoms with Crippen molar-refractivity contribution in [2.24, 2.45) is 5.92 Å². The van der Waals surface area contributed by atoms with E-state index in [9.17, 15) is 14.4 Å². The highest BCUT2D eigenvalue weighted by Gasteiger charge is 2.19. The predicted molar refractivity (Wildman–Crippen MR) is 252 cm³/mol. The molecule has 0 aromatic carbocycles. The van der Waals surface area contributed by atoms with E-state index in [0.717, 1.165) is 63.7 Å². The Morgan fingerprint density at radius 2 is 0.559 bits per heavy atom. The van der Waals surface area contributed by atoms with E-state index in [1.54, 1.807) is 0 Å². The monoisotopic (exact) mass is 835 g/mol. The third kappa shape index (κ3) is 47.3. The third-order valence-electron chi connectivity index (χ3n) is 12.0. The Labute approximate surface area is 368 Å². The number of hydrogen-bond acceptors (Lipinski definition) is 6. The van der Waals surface area contributed by atoms with Gasteiger partial charge in [-0.1, -0.05) is 259 Å². The summed E-state index contributed by atoms with van der Waals surface area (Å²) in [5.41, 5.74) is 0. The second-order valence-corrected chi connectivity index (χ2v) is 18.6. The molecule has 6 heteroatoms. The van der Waals surface area contributed by atoms with Crippen LogP contribution < -0.4 is 0 Å². The van der Waals surface area contributed by atoms with Gasteiger partial charge in [-0.25, -0.2) is 0 Å². The first kappa shape index (κ1) is 57.4. The minimum Gasteiger partial charge on any atom is -0.462 e. The molecule has 1 atom stereocenters. The minimum atomic E-state index is -0.761. The summed E-state index contributed by atoms with van der Waals surface area (Å²) in [4.78, 5) is 37.9. The van der Waals surface area contributed by atoms with E-state index in [1.165, 1.54) is 193 Å². The number of carbonyl (C=O) groups is 3. The van der Waals surface area contributed by atoms with Crippen LogP contribution in [0.5, 0.6) is 0 Å². The van der Waals surface area contributed by atoms with Crippen molar-refractivity contribution < 1.29 is 28.6 Å². The van der Waals surface area contributed by atoms with Crippen LogP contribution in [0.25, 0.3) is 0 Å². The molecule has 0 spiro atoms. The summed E-state index contributed by atoms with van der Waals surface area (Å²) in [6.45, 7) is 8.96. The summed E-state index contributed by atoms with van der Waals surface area (Å²) < 4.78 is 16.8. The van der Waals surface area contributed by atoms with Crippen molar-refractivity contribution in [1.82, 2.24) is 0 Å². The van der Waals surface area contributed by atoms with Crippen LogP contribution in [-0.4, -0.2) is 37.2 Å². The molecule has 0 bridgehead atoms. The van der Waals surface area contributed by atoms with Crippen LogP contribution in [0.1, 0.15) is 297 Å². The Balaban J connectivity index is 4.22. The molecule has 59 heavy (non-hydrogen) atoms. The molecule has 0 saturated carbocycles. The van der Waals surface area contributed by atoms with Gasteiger partial charge in [0.15, 0.2) is 6.10 Å². The lowest BCUT2D eigenvalue weighted by Crippen LogP contribution is -2.30. The molecule has 0 heterocycles. The maximum absolute atomic E-state index is 12.7. The molecule has 0 aliphatic rings. The number of carbonyl (C=O) groups excluding carboxylic acids is 3. The van der Waals surface area contributed by atoms with E-state index in [2.05, 4.69) is 27.7 Å². The van der Waals surface area contributed by atoms with Gasteiger partial charge >= 0.3 is 17.9 Å².